The highest BCUT2D eigenvalue weighted by Crippen LogP contribution is 2.12. The van der Waals surface area contributed by atoms with E-state index < -0.39 is 29.3 Å². The molecule has 0 fully saturated rings. The number of nitrogens with one attached hydrogen (secondary N) is 1. The van der Waals surface area contributed by atoms with Crippen molar-refractivity contribution >= 4 is 17.5 Å². The van der Waals surface area contributed by atoms with Gasteiger partial charge in [0.2, 0.25) is 0 Å². The van der Waals surface area contributed by atoms with Crippen molar-refractivity contribution in [1.82, 2.24) is 5.32 Å². The molecule has 1 aromatic carbocycles. The Labute approximate surface area is 96.4 Å². The largest absolute Gasteiger partial charge is 0.360 e. The summed E-state index contributed by atoms with van der Waals surface area (Å²) in [5, 5.41) is 2.24. The molecule has 6 heteroatoms. The molecule has 88 valence electrons. The van der Waals surface area contributed by atoms with E-state index in [0.717, 1.165) is 12.1 Å². The van der Waals surface area contributed by atoms with Crippen LogP contribution in [0.4, 0.5) is 8.78 Å². The molecule has 0 aliphatic heterocycles. The van der Waals surface area contributed by atoms with Gasteiger partial charge in [0.25, 0.3) is 5.91 Å². The lowest BCUT2D eigenvalue weighted by Gasteiger charge is -2.14. The van der Waals surface area contributed by atoms with Gasteiger partial charge in [-0.15, -0.1) is 11.6 Å². The Bertz CT molecular complexity index is 363. The Hall–Kier alpha value is -1.20. The molecule has 0 radical (unpaired) electrons. The van der Waals surface area contributed by atoms with E-state index in [-0.39, 0.29) is 5.88 Å². The summed E-state index contributed by atoms with van der Waals surface area (Å²) in [5.74, 6) is -2.77. The Morgan fingerprint density at radius 2 is 2.06 bits per heavy atom. The first-order chi connectivity index (χ1) is 7.60. The molecule has 0 saturated heterocycles. The number of amides is 1. The molecule has 0 heterocycles. The van der Waals surface area contributed by atoms with Crippen molar-refractivity contribution in [2.45, 2.75) is 6.23 Å². The number of hydrogen-bond donors (Lipinski definition) is 1. The normalized spacial score (nSPS) is 12.2. The van der Waals surface area contributed by atoms with Crippen LogP contribution in [-0.2, 0) is 4.74 Å². The standard InChI is InChI=1S/C10H10ClF2NO2/c1-16-8(5-11)14-10(15)9-6(12)3-2-4-7(9)13/h2-4,8H,5H2,1H3,(H,14,15)/t8-/m0/s1. The van der Waals surface area contributed by atoms with Crippen LogP contribution in [0.2, 0.25) is 0 Å². The summed E-state index contributed by atoms with van der Waals surface area (Å²) in [6, 6.07) is 3.18. The summed E-state index contributed by atoms with van der Waals surface area (Å²) in [6.45, 7) is 0. The van der Waals surface area contributed by atoms with Gasteiger partial charge in [-0.25, -0.2) is 8.78 Å². The summed E-state index contributed by atoms with van der Waals surface area (Å²) in [6.07, 6.45) is -0.784. The van der Waals surface area contributed by atoms with E-state index in [1.807, 2.05) is 0 Å². The van der Waals surface area contributed by atoms with Crippen molar-refractivity contribution in [3.05, 3.63) is 35.4 Å². The Morgan fingerprint density at radius 3 is 2.50 bits per heavy atom. The Kier molecular flexibility index (Phi) is 4.64. The summed E-state index contributed by atoms with van der Waals surface area (Å²) in [5.41, 5.74) is -0.644. The van der Waals surface area contributed by atoms with Gasteiger partial charge in [-0.2, -0.15) is 0 Å². The Morgan fingerprint density at radius 1 is 1.50 bits per heavy atom. The molecule has 0 aliphatic carbocycles. The van der Waals surface area contributed by atoms with Gasteiger partial charge in [0.15, 0.2) is 0 Å². The van der Waals surface area contributed by atoms with Crippen LogP contribution in [0.5, 0.6) is 0 Å². The van der Waals surface area contributed by atoms with Crippen molar-refractivity contribution in [2.24, 2.45) is 0 Å². The first-order valence-electron chi connectivity index (χ1n) is 4.43. The third kappa shape index (κ3) is 2.90. The summed E-state index contributed by atoms with van der Waals surface area (Å²) in [7, 11) is 1.32. The number of carbonyl (C=O) groups is 1. The summed E-state index contributed by atoms with van der Waals surface area (Å²) < 4.78 is 31.1. The van der Waals surface area contributed by atoms with Crippen molar-refractivity contribution < 1.29 is 18.3 Å². The molecule has 0 aliphatic rings. The lowest BCUT2D eigenvalue weighted by atomic mass is 10.2. The molecule has 3 nitrogen and oxygen atoms in total. The van der Waals surface area contributed by atoms with Gasteiger partial charge in [0, 0.05) is 7.11 Å². The molecule has 0 spiro atoms. The zero-order valence-corrected chi connectivity index (χ0v) is 9.22. The summed E-state index contributed by atoms with van der Waals surface area (Å²) in [4.78, 5) is 11.5. The maximum Gasteiger partial charge on any atom is 0.259 e. The van der Waals surface area contributed by atoms with Crippen molar-refractivity contribution in [3.63, 3.8) is 0 Å². The number of halogens is 3. The zero-order valence-electron chi connectivity index (χ0n) is 8.47. The van der Waals surface area contributed by atoms with Gasteiger partial charge in [-0.05, 0) is 12.1 Å². The van der Waals surface area contributed by atoms with Crippen molar-refractivity contribution in [1.29, 1.82) is 0 Å². The molecule has 0 bridgehead atoms. The topological polar surface area (TPSA) is 38.3 Å². The lowest BCUT2D eigenvalue weighted by Crippen LogP contribution is -2.38. The second kappa shape index (κ2) is 5.77. The first kappa shape index (κ1) is 12.9. The van der Waals surface area contributed by atoms with Gasteiger partial charge in [0.05, 0.1) is 5.88 Å². The van der Waals surface area contributed by atoms with Crippen LogP contribution in [0.25, 0.3) is 0 Å². The highest BCUT2D eigenvalue weighted by atomic mass is 35.5. The van der Waals surface area contributed by atoms with E-state index in [0.29, 0.717) is 0 Å². The Balaban J connectivity index is 2.88. The number of hydrogen-bond acceptors (Lipinski definition) is 2. The molecule has 1 aromatic rings. The molecular weight excluding hydrogens is 240 g/mol. The molecule has 1 amide bonds. The molecular formula is C10H10ClF2NO2. The van der Waals surface area contributed by atoms with Gasteiger partial charge in [0.1, 0.15) is 23.4 Å². The maximum atomic E-state index is 13.2. The minimum atomic E-state index is -0.929. The first-order valence-corrected chi connectivity index (χ1v) is 4.97. The van der Waals surface area contributed by atoms with E-state index in [1.165, 1.54) is 13.2 Å². The van der Waals surface area contributed by atoms with Gasteiger partial charge in [-0.3, -0.25) is 4.79 Å². The van der Waals surface area contributed by atoms with Crippen LogP contribution in [0.15, 0.2) is 18.2 Å². The van der Waals surface area contributed by atoms with Crippen molar-refractivity contribution in [2.75, 3.05) is 13.0 Å². The highest BCUT2D eigenvalue weighted by molar-refractivity contribution is 6.18. The molecule has 0 unspecified atom stereocenters. The number of benzene rings is 1. The van der Waals surface area contributed by atoms with Gasteiger partial charge >= 0.3 is 0 Å². The monoisotopic (exact) mass is 249 g/mol. The summed E-state index contributed by atoms with van der Waals surface area (Å²) >= 11 is 5.45. The van der Waals surface area contributed by atoms with Gasteiger partial charge < -0.3 is 10.1 Å². The second-order valence-corrected chi connectivity index (χ2v) is 3.26. The average Bonchev–Trinajstić information content (AvgIpc) is 2.25. The van der Waals surface area contributed by atoms with Crippen LogP contribution in [0.1, 0.15) is 10.4 Å². The number of ether oxygens (including phenoxy) is 1. The minimum Gasteiger partial charge on any atom is -0.360 e. The highest BCUT2D eigenvalue weighted by Gasteiger charge is 2.19. The minimum absolute atomic E-state index is 0.0156. The van der Waals surface area contributed by atoms with Crippen LogP contribution in [-0.4, -0.2) is 25.1 Å². The number of rotatable bonds is 4. The quantitative estimate of drug-likeness (QED) is 0.654. The smallest absolute Gasteiger partial charge is 0.259 e. The predicted octanol–water partition coefficient (Wildman–Crippen LogP) is 1.91. The van der Waals surface area contributed by atoms with Crippen LogP contribution >= 0.6 is 11.6 Å². The maximum absolute atomic E-state index is 13.2. The van der Waals surface area contributed by atoms with E-state index in [1.54, 1.807) is 0 Å². The third-order valence-electron chi connectivity index (χ3n) is 1.91. The van der Waals surface area contributed by atoms with Crippen LogP contribution in [0.3, 0.4) is 0 Å². The lowest BCUT2D eigenvalue weighted by molar-refractivity contribution is 0.0664. The molecule has 1 N–H and O–H groups in total. The SMILES string of the molecule is CO[C@@H](CCl)NC(=O)c1c(F)cccc1F. The second-order valence-electron chi connectivity index (χ2n) is 2.95. The fourth-order valence-corrected chi connectivity index (χ4v) is 1.30. The molecule has 1 atom stereocenters. The molecule has 0 aromatic heterocycles. The zero-order chi connectivity index (χ0) is 12.1. The number of carbonyl (C=O) groups excluding carboxylic acids is 1. The average molecular weight is 250 g/mol. The fourth-order valence-electron chi connectivity index (χ4n) is 1.09. The number of alkyl halides is 1. The van der Waals surface area contributed by atoms with E-state index >= 15 is 0 Å². The fraction of sp³-hybridized carbons (Fsp3) is 0.300. The van der Waals surface area contributed by atoms with Gasteiger partial charge in [-0.1, -0.05) is 6.07 Å². The van der Waals surface area contributed by atoms with E-state index in [4.69, 9.17) is 16.3 Å². The van der Waals surface area contributed by atoms with Crippen LogP contribution in [0, 0.1) is 11.6 Å². The van der Waals surface area contributed by atoms with Crippen LogP contribution < -0.4 is 5.32 Å². The molecule has 0 saturated carbocycles. The number of methoxy groups -OCH3 is 1. The van der Waals surface area contributed by atoms with E-state index in [2.05, 4.69) is 5.32 Å². The molecule has 1 rings (SSSR count). The predicted molar refractivity (Wildman–Crippen MR) is 55.3 cm³/mol. The third-order valence-corrected chi connectivity index (χ3v) is 2.19. The van der Waals surface area contributed by atoms with E-state index in [9.17, 15) is 13.6 Å². The molecule has 16 heavy (non-hydrogen) atoms. The van der Waals surface area contributed by atoms with Crippen molar-refractivity contribution in [3.8, 4) is 0 Å².